The third-order valence-corrected chi connectivity index (χ3v) is 3.63. The van der Waals surface area contributed by atoms with Crippen LogP contribution < -0.4 is 10.1 Å². The SMILES string of the molecule is CC(C)(C)CC(=O)Oc1ccc(NC(=O)c2cccs2)cc1. The maximum absolute atomic E-state index is 11.9. The molecule has 1 aromatic carbocycles. The van der Waals surface area contributed by atoms with Crippen molar-refractivity contribution in [1.82, 2.24) is 0 Å². The van der Waals surface area contributed by atoms with E-state index in [1.807, 2.05) is 32.2 Å². The minimum Gasteiger partial charge on any atom is -0.427 e. The normalized spacial score (nSPS) is 11.0. The van der Waals surface area contributed by atoms with Crippen LogP contribution in [0.15, 0.2) is 41.8 Å². The first kappa shape index (κ1) is 16.2. The van der Waals surface area contributed by atoms with E-state index in [1.165, 1.54) is 11.3 Å². The average molecular weight is 317 g/mol. The lowest BCUT2D eigenvalue weighted by molar-refractivity contribution is -0.136. The zero-order valence-electron chi connectivity index (χ0n) is 12.9. The Balaban J connectivity index is 1.93. The summed E-state index contributed by atoms with van der Waals surface area (Å²) in [6, 6.07) is 10.4. The fourth-order valence-electron chi connectivity index (χ4n) is 1.81. The number of ether oxygens (including phenoxy) is 1. The molecule has 4 nitrogen and oxygen atoms in total. The van der Waals surface area contributed by atoms with Gasteiger partial charge in [0.1, 0.15) is 5.75 Å². The summed E-state index contributed by atoms with van der Waals surface area (Å²) in [6.07, 6.45) is 0.351. The van der Waals surface area contributed by atoms with Crippen molar-refractivity contribution in [3.8, 4) is 5.75 Å². The van der Waals surface area contributed by atoms with Crippen molar-refractivity contribution < 1.29 is 14.3 Å². The van der Waals surface area contributed by atoms with Gasteiger partial charge < -0.3 is 10.1 Å². The third kappa shape index (κ3) is 5.00. The zero-order chi connectivity index (χ0) is 16.2. The molecule has 1 N–H and O–H groups in total. The van der Waals surface area contributed by atoms with Gasteiger partial charge in [0.05, 0.1) is 11.3 Å². The highest BCUT2D eigenvalue weighted by Crippen LogP contribution is 2.22. The van der Waals surface area contributed by atoms with E-state index in [1.54, 1.807) is 30.3 Å². The average Bonchev–Trinajstić information content (AvgIpc) is 2.92. The summed E-state index contributed by atoms with van der Waals surface area (Å²) in [7, 11) is 0. The van der Waals surface area contributed by atoms with Gasteiger partial charge in [-0.05, 0) is 41.1 Å². The van der Waals surface area contributed by atoms with E-state index >= 15 is 0 Å². The topological polar surface area (TPSA) is 55.4 Å². The number of benzene rings is 1. The van der Waals surface area contributed by atoms with Gasteiger partial charge >= 0.3 is 5.97 Å². The van der Waals surface area contributed by atoms with Crippen molar-refractivity contribution >= 4 is 28.9 Å². The van der Waals surface area contributed by atoms with Gasteiger partial charge in [-0.2, -0.15) is 0 Å². The smallest absolute Gasteiger partial charge is 0.311 e. The molecule has 0 saturated carbocycles. The van der Waals surface area contributed by atoms with Crippen molar-refractivity contribution in [3.63, 3.8) is 0 Å². The summed E-state index contributed by atoms with van der Waals surface area (Å²) in [5, 5.41) is 4.65. The van der Waals surface area contributed by atoms with Crippen LogP contribution in [0.4, 0.5) is 5.69 Å². The number of esters is 1. The highest BCUT2D eigenvalue weighted by Gasteiger charge is 2.17. The lowest BCUT2D eigenvalue weighted by atomic mass is 9.92. The molecular weight excluding hydrogens is 298 g/mol. The Morgan fingerprint density at radius 3 is 2.36 bits per heavy atom. The summed E-state index contributed by atoms with van der Waals surface area (Å²) in [4.78, 5) is 24.3. The van der Waals surface area contributed by atoms with E-state index in [2.05, 4.69) is 5.32 Å². The lowest BCUT2D eigenvalue weighted by Crippen LogP contribution is -2.17. The van der Waals surface area contributed by atoms with E-state index < -0.39 is 0 Å². The Bertz CT molecular complexity index is 640. The number of hydrogen-bond acceptors (Lipinski definition) is 4. The van der Waals surface area contributed by atoms with Crippen molar-refractivity contribution in [3.05, 3.63) is 46.7 Å². The Labute approximate surface area is 134 Å². The van der Waals surface area contributed by atoms with Gasteiger partial charge in [-0.3, -0.25) is 9.59 Å². The van der Waals surface area contributed by atoms with Gasteiger partial charge in [-0.25, -0.2) is 0 Å². The van der Waals surface area contributed by atoms with Gasteiger partial charge in [-0.15, -0.1) is 11.3 Å². The highest BCUT2D eigenvalue weighted by molar-refractivity contribution is 7.12. The van der Waals surface area contributed by atoms with Gasteiger partial charge in [-0.1, -0.05) is 26.8 Å². The van der Waals surface area contributed by atoms with E-state index in [0.29, 0.717) is 22.7 Å². The molecule has 0 atom stereocenters. The van der Waals surface area contributed by atoms with Gasteiger partial charge in [0, 0.05) is 5.69 Å². The van der Waals surface area contributed by atoms with Crippen LogP contribution in [0.3, 0.4) is 0 Å². The molecular formula is C17H19NO3S. The molecule has 116 valence electrons. The molecule has 0 fully saturated rings. The van der Waals surface area contributed by atoms with Crippen LogP contribution >= 0.6 is 11.3 Å². The Kier molecular flexibility index (Phi) is 4.98. The minimum atomic E-state index is -0.261. The van der Waals surface area contributed by atoms with Crippen LogP contribution in [0, 0.1) is 5.41 Å². The number of amides is 1. The largest absolute Gasteiger partial charge is 0.427 e. The zero-order valence-corrected chi connectivity index (χ0v) is 13.7. The maximum atomic E-state index is 11.9. The summed E-state index contributed by atoms with van der Waals surface area (Å²) >= 11 is 1.39. The summed E-state index contributed by atoms with van der Waals surface area (Å²) in [5.41, 5.74) is 0.556. The monoisotopic (exact) mass is 317 g/mol. The Morgan fingerprint density at radius 1 is 1.14 bits per heavy atom. The van der Waals surface area contributed by atoms with E-state index in [-0.39, 0.29) is 17.3 Å². The van der Waals surface area contributed by atoms with E-state index in [9.17, 15) is 9.59 Å². The fraction of sp³-hybridized carbons (Fsp3) is 0.294. The Hall–Kier alpha value is -2.14. The number of nitrogens with one attached hydrogen (secondary N) is 1. The molecule has 0 bridgehead atoms. The first-order valence-corrected chi connectivity index (χ1v) is 7.87. The van der Waals surface area contributed by atoms with Crippen molar-refractivity contribution in [1.29, 1.82) is 0 Å². The van der Waals surface area contributed by atoms with E-state index in [4.69, 9.17) is 4.74 Å². The molecule has 0 unspecified atom stereocenters. The molecule has 1 amide bonds. The van der Waals surface area contributed by atoms with Crippen molar-refractivity contribution in [2.45, 2.75) is 27.2 Å². The molecule has 0 radical (unpaired) electrons. The number of carbonyl (C=O) groups is 2. The summed E-state index contributed by atoms with van der Waals surface area (Å²) < 4.78 is 5.27. The Morgan fingerprint density at radius 2 is 1.82 bits per heavy atom. The van der Waals surface area contributed by atoms with Crippen LogP contribution in [-0.2, 0) is 4.79 Å². The molecule has 5 heteroatoms. The highest BCUT2D eigenvalue weighted by atomic mass is 32.1. The van der Waals surface area contributed by atoms with Gasteiger partial charge in [0.15, 0.2) is 0 Å². The molecule has 2 aromatic rings. The van der Waals surface area contributed by atoms with Crippen molar-refractivity contribution in [2.75, 3.05) is 5.32 Å². The number of rotatable bonds is 4. The van der Waals surface area contributed by atoms with Crippen LogP contribution in [0.2, 0.25) is 0 Å². The van der Waals surface area contributed by atoms with Crippen LogP contribution in [0.5, 0.6) is 5.75 Å². The third-order valence-electron chi connectivity index (χ3n) is 2.76. The van der Waals surface area contributed by atoms with E-state index in [0.717, 1.165) is 0 Å². The lowest BCUT2D eigenvalue weighted by Gasteiger charge is -2.16. The minimum absolute atomic E-state index is 0.105. The maximum Gasteiger partial charge on any atom is 0.311 e. The second kappa shape index (κ2) is 6.75. The molecule has 0 aliphatic carbocycles. The molecule has 1 heterocycles. The molecule has 1 aromatic heterocycles. The van der Waals surface area contributed by atoms with Crippen LogP contribution in [0.1, 0.15) is 36.9 Å². The number of thiophene rings is 1. The number of anilines is 1. The first-order valence-electron chi connectivity index (χ1n) is 6.99. The molecule has 0 aliphatic heterocycles. The predicted octanol–water partition coefficient (Wildman–Crippen LogP) is 4.34. The van der Waals surface area contributed by atoms with Gasteiger partial charge in [0.2, 0.25) is 0 Å². The van der Waals surface area contributed by atoms with Crippen molar-refractivity contribution in [2.24, 2.45) is 5.41 Å². The second-order valence-electron chi connectivity index (χ2n) is 6.17. The molecule has 22 heavy (non-hydrogen) atoms. The summed E-state index contributed by atoms with van der Waals surface area (Å²) in [6.45, 7) is 5.95. The number of carbonyl (C=O) groups excluding carboxylic acids is 2. The quantitative estimate of drug-likeness (QED) is 0.674. The van der Waals surface area contributed by atoms with Gasteiger partial charge in [0.25, 0.3) is 5.91 Å². The predicted molar refractivity (Wildman–Crippen MR) is 88.4 cm³/mol. The molecule has 0 saturated heterocycles. The molecule has 2 rings (SSSR count). The standard InChI is InChI=1S/C17H19NO3S/c1-17(2,3)11-15(19)21-13-8-6-12(7-9-13)18-16(20)14-5-4-10-22-14/h4-10H,11H2,1-3H3,(H,18,20). The van der Waals surface area contributed by atoms with Crippen LogP contribution in [-0.4, -0.2) is 11.9 Å². The summed E-state index contributed by atoms with van der Waals surface area (Å²) in [5.74, 6) is 0.0683. The molecule has 0 aliphatic rings. The second-order valence-corrected chi connectivity index (χ2v) is 7.12. The number of hydrogen-bond donors (Lipinski definition) is 1. The molecule has 0 spiro atoms. The fourth-order valence-corrected chi connectivity index (χ4v) is 2.43. The first-order chi connectivity index (χ1) is 10.3. The van der Waals surface area contributed by atoms with Crippen LogP contribution in [0.25, 0.3) is 0 Å².